The van der Waals surface area contributed by atoms with E-state index in [1.807, 2.05) is 6.92 Å². The molecule has 1 heterocycles. The van der Waals surface area contributed by atoms with Crippen molar-refractivity contribution in [1.29, 1.82) is 0 Å². The molecule has 0 saturated carbocycles. The quantitative estimate of drug-likeness (QED) is 0.233. The molecule has 2 unspecified atom stereocenters. The summed E-state index contributed by atoms with van der Waals surface area (Å²) in [6.07, 6.45) is 16.3. The number of ether oxygens (including phenoxy) is 1. The maximum atomic E-state index is 10.4. The predicted molar refractivity (Wildman–Crippen MR) is 106 cm³/mol. The van der Waals surface area contributed by atoms with Gasteiger partial charge in [-0.2, -0.15) is 0 Å². The van der Waals surface area contributed by atoms with Crippen LogP contribution in [0.4, 0.5) is 0 Å². The van der Waals surface area contributed by atoms with Crippen molar-refractivity contribution >= 4 is 0 Å². The summed E-state index contributed by atoms with van der Waals surface area (Å²) in [6, 6.07) is -0.138. The van der Waals surface area contributed by atoms with Gasteiger partial charge in [-0.1, -0.05) is 84.0 Å². The number of rotatable bonds is 16. The number of hydrogen-bond donors (Lipinski definition) is 2. The summed E-state index contributed by atoms with van der Waals surface area (Å²) in [5.41, 5.74) is 0. The average molecular weight is 374 g/mol. The molecular formula is C21H43NO4. The zero-order valence-corrected chi connectivity index (χ0v) is 17.4. The first-order valence-electron chi connectivity index (χ1n) is 10.9. The van der Waals surface area contributed by atoms with E-state index < -0.39 is 6.10 Å². The molecule has 4 atom stereocenters. The van der Waals surface area contributed by atoms with Gasteiger partial charge < -0.3 is 9.84 Å². The largest absolute Gasteiger partial charge is 0.389 e. The molecule has 1 aliphatic rings. The molecule has 26 heavy (non-hydrogen) atoms. The Labute approximate surface area is 161 Å². The Morgan fingerprint density at radius 1 is 0.885 bits per heavy atom. The van der Waals surface area contributed by atoms with Gasteiger partial charge in [0.1, 0.15) is 12.8 Å². The van der Waals surface area contributed by atoms with Crippen LogP contribution in [0.15, 0.2) is 0 Å². The van der Waals surface area contributed by atoms with Crippen LogP contribution < -0.4 is 5.32 Å². The second kappa shape index (κ2) is 15.8. The number of aliphatic hydroxyl groups is 1. The molecule has 5 heteroatoms. The monoisotopic (exact) mass is 373 g/mol. The van der Waals surface area contributed by atoms with Gasteiger partial charge in [0.25, 0.3) is 0 Å². The lowest BCUT2D eigenvalue weighted by atomic mass is 9.97. The van der Waals surface area contributed by atoms with Crippen LogP contribution in [0.2, 0.25) is 0 Å². The lowest BCUT2D eigenvalue weighted by Gasteiger charge is -2.39. The minimum Gasteiger partial charge on any atom is -0.389 e. The van der Waals surface area contributed by atoms with E-state index in [1.54, 1.807) is 0 Å². The van der Waals surface area contributed by atoms with Crippen molar-refractivity contribution in [2.24, 2.45) is 0 Å². The van der Waals surface area contributed by atoms with Gasteiger partial charge in [0.05, 0.1) is 25.4 Å². The maximum absolute atomic E-state index is 10.4. The first-order chi connectivity index (χ1) is 12.7. The Kier molecular flexibility index (Phi) is 14.5. The number of nitrogens with one attached hydrogen (secondary N) is 1. The third-order valence-electron chi connectivity index (χ3n) is 5.33. The number of hydrogen-bond acceptors (Lipinski definition) is 5. The smallest absolute Gasteiger partial charge is 0.106 e. The third kappa shape index (κ3) is 10.8. The maximum Gasteiger partial charge on any atom is 0.106 e. The highest BCUT2D eigenvalue weighted by molar-refractivity contribution is 4.87. The van der Waals surface area contributed by atoms with E-state index in [9.17, 15) is 5.11 Å². The van der Waals surface area contributed by atoms with Crippen LogP contribution >= 0.6 is 0 Å². The van der Waals surface area contributed by atoms with Gasteiger partial charge in [-0.05, 0) is 13.3 Å². The van der Waals surface area contributed by atoms with Crippen LogP contribution in [0.3, 0.4) is 0 Å². The molecule has 156 valence electrons. The second-order valence-electron chi connectivity index (χ2n) is 7.71. The second-order valence-corrected chi connectivity index (χ2v) is 7.71. The molecule has 0 amide bonds. The van der Waals surface area contributed by atoms with Gasteiger partial charge in [-0.15, -0.1) is 0 Å². The Morgan fingerprint density at radius 3 is 1.96 bits per heavy atom. The zero-order valence-electron chi connectivity index (χ0n) is 17.4. The topological polar surface area (TPSA) is 60.0 Å². The summed E-state index contributed by atoms with van der Waals surface area (Å²) >= 11 is 0. The van der Waals surface area contributed by atoms with Crippen LogP contribution in [-0.2, 0) is 14.5 Å². The summed E-state index contributed by atoms with van der Waals surface area (Å²) in [5.74, 6) is 0. The molecule has 5 nitrogen and oxygen atoms in total. The van der Waals surface area contributed by atoms with Gasteiger partial charge in [0.15, 0.2) is 0 Å². The van der Waals surface area contributed by atoms with E-state index in [1.165, 1.54) is 77.7 Å². The van der Waals surface area contributed by atoms with Gasteiger partial charge >= 0.3 is 0 Å². The summed E-state index contributed by atoms with van der Waals surface area (Å²) in [5, 5.41) is 13.6. The molecule has 1 aliphatic heterocycles. The van der Waals surface area contributed by atoms with Crippen molar-refractivity contribution < 1.29 is 19.6 Å². The Hall–Kier alpha value is -0.200. The van der Waals surface area contributed by atoms with Crippen LogP contribution in [0.1, 0.15) is 97.3 Å². The van der Waals surface area contributed by atoms with Crippen molar-refractivity contribution in [2.45, 2.75) is 122 Å². The normalized spacial score (nSPS) is 26.3. The van der Waals surface area contributed by atoms with Crippen molar-refractivity contribution in [3.63, 3.8) is 0 Å². The first kappa shape index (κ1) is 23.8. The van der Waals surface area contributed by atoms with Gasteiger partial charge in [0, 0.05) is 0 Å². The molecule has 0 aromatic rings. The third-order valence-corrected chi connectivity index (χ3v) is 5.33. The predicted octanol–water partition coefficient (Wildman–Crippen LogP) is 4.72. The number of aliphatic hydroxyl groups excluding tert-OH is 1. The molecule has 0 radical (unpaired) electrons. The first-order valence-corrected chi connectivity index (χ1v) is 10.9. The highest BCUT2D eigenvalue weighted by Gasteiger charge is 2.35. The fourth-order valence-corrected chi connectivity index (χ4v) is 3.75. The zero-order chi connectivity index (χ0) is 19.0. The van der Waals surface area contributed by atoms with E-state index in [4.69, 9.17) is 9.62 Å². The molecular weight excluding hydrogens is 330 g/mol. The highest BCUT2D eigenvalue weighted by atomic mass is 17.2. The minimum atomic E-state index is -0.547. The van der Waals surface area contributed by atoms with Crippen molar-refractivity contribution in [2.75, 3.05) is 13.7 Å². The van der Waals surface area contributed by atoms with Gasteiger partial charge in [0.2, 0.25) is 0 Å². The summed E-state index contributed by atoms with van der Waals surface area (Å²) in [4.78, 5) is 9.63. The fraction of sp³-hybridized carbons (Fsp3) is 1.00. The number of unbranched alkanes of at least 4 members (excludes halogenated alkanes) is 11. The van der Waals surface area contributed by atoms with Crippen LogP contribution in [0.5, 0.6) is 0 Å². The average Bonchev–Trinajstić information content (AvgIpc) is 2.63. The van der Waals surface area contributed by atoms with E-state index in [0.717, 1.165) is 12.8 Å². The van der Waals surface area contributed by atoms with Crippen molar-refractivity contribution in [1.82, 2.24) is 5.32 Å². The molecule has 0 aromatic heterocycles. The molecule has 2 N–H and O–H groups in total. The molecule has 0 spiro atoms. The molecule has 0 aliphatic carbocycles. The lowest BCUT2D eigenvalue weighted by molar-refractivity contribution is -0.286. The summed E-state index contributed by atoms with van der Waals surface area (Å²) < 4.78 is 5.85. The molecule has 0 aromatic carbocycles. The molecule has 1 saturated heterocycles. The molecule has 1 fully saturated rings. The van der Waals surface area contributed by atoms with E-state index in [-0.39, 0.29) is 18.4 Å². The summed E-state index contributed by atoms with van der Waals surface area (Å²) in [6.45, 7) is 4.58. The van der Waals surface area contributed by atoms with Gasteiger partial charge in [-0.3, -0.25) is 5.32 Å². The SMILES string of the molecule is CCCCCCCCCCCCCCC1OC(C)N[C@@H](COOC)[C@@H]1O. The molecule has 1 rings (SSSR count). The van der Waals surface area contributed by atoms with Crippen LogP contribution in [0, 0.1) is 0 Å². The van der Waals surface area contributed by atoms with E-state index in [2.05, 4.69) is 17.1 Å². The fourth-order valence-electron chi connectivity index (χ4n) is 3.75. The van der Waals surface area contributed by atoms with E-state index >= 15 is 0 Å². The Balaban J connectivity index is 1.99. The van der Waals surface area contributed by atoms with Crippen molar-refractivity contribution in [3.05, 3.63) is 0 Å². The molecule has 0 bridgehead atoms. The lowest BCUT2D eigenvalue weighted by Crippen LogP contribution is -2.59. The van der Waals surface area contributed by atoms with Crippen molar-refractivity contribution in [3.8, 4) is 0 Å². The Bertz CT molecular complexity index is 316. The van der Waals surface area contributed by atoms with Crippen LogP contribution in [-0.4, -0.2) is 43.3 Å². The summed E-state index contributed by atoms with van der Waals surface area (Å²) in [7, 11) is 1.49. The van der Waals surface area contributed by atoms with E-state index in [0.29, 0.717) is 6.61 Å². The van der Waals surface area contributed by atoms with Crippen LogP contribution in [0.25, 0.3) is 0 Å². The Morgan fingerprint density at radius 2 is 1.42 bits per heavy atom. The highest BCUT2D eigenvalue weighted by Crippen LogP contribution is 2.20. The van der Waals surface area contributed by atoms with Gasteiger partial charge in [-0.25, -0.2) is 9.78 Å². The standard InChI is InChI=1S/C21H43NO4/c1-4-5-6-7-8-9-10-11-12-13-14-15-16-20-21(23)19(17-25-24-3)22-18(2)26-20/h18-23H,4-17H2,1-3H3/t18?,19-,20?,21-/m0/s1. The minimum absolute atomic E-state index is 0.0637.